The summed E-state index contributed by atoms with van der Waals surface area (Å²) in [6.45, 7) is 6.03. The van der Waals surface area contributed by atoms with Gasteiger partial charge in [0.05, 0.1) is 0 Å². The molecule has 0 heterocycles. The molecule has 0 aromatic heterocycles. The van der Waals surface area contributed by atoms with Crippen LogP contribution < -0.4 is 0 Å². The summed E-state index contributed by atoms with van der Waals surface area (Å²) in [5.41, 5.74) is 7.94. The molecule has 0 rings (SSSR count). The zero-order valence-corrected chi connectivity index (χ0v) is 7.89. The van der Waals surface area contributed by atoms with Crippen molar-refractivity contribution >= 4 is 10.8 Å². The van der Waals surface area contributed by atoms with Gasteiger partial charge in [-0.15, -0.1) is 0 Å². The van der Waals surface area contributed by atoms with Gasteiger partial charge < -0.3 is 0 Å². The van der Waals surface area contributed by atoms with Crippen molar-refractivity contribution in [1.29, 1.82) is 0 Å². The van der Waals surface area contributed by atoms with Crippen molar-refractivity contribution in [2.45, 2.75) is 25.5 Å². The van der Waals surface area contributed by atoms with Gasteiger partial charge in [-0.05, 0) is 26.3 Å². The smallest absolute Gasteiger partial charge is 0.0375 e. The second-order valence-corrected chi connectivity index (χ2v) is 5.44. The lowest BCUT2D eigenvalue weighted by Crippen LogP contribution is -2.24. The number of nitrogens with zero attached hydrogens (tertiary/aromatic N) is 3. The van der Waals surface area contributed by atoms with Crippen LogP contribution in [0.2, 0.25) is 0 Å². The molecule has 0 bridgehead atoms. The van der Waals surface area contributed by atoms with Crippen LogP contribution in [0.5, 0.6) is 0 Å². The van der Waals surface area contributed by atoms with E-state index in [1.807, 2.05) is 20.8 Å². The molecule has 1 unspecified atom stereocenters. The van der Waals surface area contributed by atoms with Gasteiger partial charge >= 0.3 is 0 Å². The Kier molecular flexibility index (Phi) is 4.15. The topological polar surface area (TPSA) is 65.8 Å². The van der Waals surface area contributed by atoms with E-state index in [-0.39, 0.29) is 4.75 Å². The van der Waals surface area contributed by atoms with Crippen molar-refractivity contribution in [3.63, 3.8) is 0 Å². The fraction of sp³-hybridized carbons (Fsp3) is 1.00. The Morgan fingerprint density at radius 2 is 2.09 bits per heavy atom. The quantitative estimate of drug-likeness (QED) is 0.366. The maximum atomic E-state index is 11.3. The number of hydrogen-bond donors (Lipinski definition) is 0. The Morgan fingerprint density at radius 1 is 1.55 bits per heavy atom. The molecule has 0 aromatic carbocycles. The maximum absolute atomic E-state index is 11.3. The lowest BCUT2D eigenvalue weighted by atomic mass is 10.3. The summed E-state index contributed by atoms with van der Waals surface area (Å²) < 4.78 is 11.1. The molecule has 4 nitrogen and oxygen atoms in total. The average molecular weight is 175 g/mol. The Bertz CT molecular complexity index is 190. The van der Waals surface area contributed by atoms with Gasteiger partial charge in [-0.2, -0.15) is 0 Å². The fourth-order valence-electron chi connectivity index (χ4n) is 0.475. The fourth-order valence-corrected chi connectivity index (χ4v) is 1.33. The lowest BCUT2D eigenvalue weighted by molar-refractivity contribution is 0.648. The minimum absolute atomic E-state index is 0.203. The van der Waals surface area contributed by atoms with Crippen molar-refractivity contribution in [2.24, 2.45) is 5.11 Å². The van der Waals surface area contributed by atoms with Gasteiger partial charge in [0.2, 0.25) is 0 Å². The summed E-state index contributed by atoms with van der Waals surface area (Å²) in [5.74, 6) is 0.452. The van der Waals surface area contributed by atoms with Crippen LogP contribution in [0.1, 0.15) is 20.8 Å². The minimum atomic E-state index is -0.904. The van der Waals surface area contributed by atoms with Gasteiger partial charge in [0.1, 0.15) is 0 Å². The molecule has 5 heteroatoms. The maximum Gasteiger partial charge on any atom is 0.0375 e. The first kappa shape index (κ1) is 10.5. The number of hydrogen-bond acceptors (Lipinski definition) is 2. The zero-order valence-electron chi connectivity index (χ0n) is 7.07. The summed E-state index contributed by atoms with van der Waals surface area (Å²) in [6.07, 6.45) is 0. The lowest BCUT2D eigenvalue weighted by Gasteiger charge is -2.16. The highest BCUT2D eigenvalue weighted by molar-refractivity contribution is 7.86. The average Bonchev–Trinajstić information content (AvgIpc) is 1.86. The Balaban J connectivity index is 3.80. The van der Waals surface area contributed by atoms with Crippen molar-refractivity contribution in [1.82, 2.24) is 0 Å². The monoisotopic (exact) mass is 175 g/mol. The summed E-state index contributed by atoms with van der Waals surface area (Å²) in [4.78, 5) is 2.58. The number of rotatable bonds is 3. The van der Waals surface area contributed by atoms with Crippen molar-refractivity contribution in [3.8, 4) is 0 Å². The molecule has 0 N–H and O–H groups in total. The van der Waals surface area contributed by atoms with Crippen LogP contribution in [0.15, 0.2) is 5.11 Å². The van der Waals surface area contributed by atoms with E-state index in [0.29, 0.717) is 12.3 Å². The summed E-state index contributed by atoms with van der Waals surface area (Å²) >= 11 is 0. The van der Waals surface area contributed by atoms with Crippen LogP contribution in [-0.4, -0.2) is 21.3 Å². The van der Waals surface area contributed by atoms with Crippen LogP contribution in [0, 0.1) is 0 Å². The van der Waals surface area contributed by atoms with Crippen LogP contribution in [0.3, 0.4) is 0 Å². The first-order valence-corrected chi connectivity index (χ1v) is 4.69. The minimum Gasteiger partial charge on any atom is -0.259 e. The van der Waals surface area contributed by atoms with E-state index in [2.05, 4.69) is 10.0 Å². The van der Waals surface area contributed by atoms with Crippen molar-refractivity contribution < 1.29 is 4.21 Å². The highest BCUT2D eigenvalue weighted by Crippen LogP contribution is 2.10. The molecule has 0 radical (unpaired) electrons. The normalized spacial score (nSPS) is 13.7. The molecule has 64 valence electrons. The molecular weight excluding hydrogens is 162 g/mol. The summed E-state index contributed by atoms with van der Waals surface area (Å²) in [6, 6.07) is 0. The Morgan fingerprint density at radius 3 is 2.45 bits per heavy atom. The number of azide groups is 1. The predicted octanol–water partition coefficient (Wildman–Crippen LogP) is 1.84. The SMILES string of the molecule is CC(C)(C)S(=O)CCN=[N+]=[N-]. The molecule has 0 amide bonds. The molecule has 0 fully saturated rings. The highest BCUT2D eigenvalue weighted by atomic mass is 32.2. The Hall–Kier alpha value is -0.540. The van der Waals surface area contributed by atoms with Gasteiger partial charge in [-0.25, -0.2) is 0 Å². The molecule has 0 saturated carbocycles. The second-order valence-electron chi connectivity index (χ2n) is 3.12. The van der Waals surface area contributed by atoms with Crippen LogP contribution >= 0.6 is 0 Å². The largest absolute Gasteiger partial charge is 0.259 e. The van der Waals surface area contributed by atoms with Crippen LogP contribution in [0.4, 0.5) is 0 Å². The molecule has 11 heavy (non-hydrogen) atoms. The van der Waals surface area contributed by atoms with E-state index >= 15 is 0 Å². The summed E-state index contributed by atoms with van der Waals surface area (Å²) in [5, 5.41) is 3.31. The van der Waals surface area contributed by atoms with Gasteiger partial charge in [-0.1, -0.05) is 5.11 Å². The standard InChI is InChI=1S/C6H13N3OS/c1-6(2,3)11(10)5-4-8-9-7/h4-5H2,1-3H3. The van der Waals surface area contributed by atoms with Crippen LogP contribution in [0.25, 0.3) is 10.4 Å². The first-order chi connectivity index (χ1) is 4.98. The van der Waals surface area contributed by atoms with Crippen molar-refractivity contribution in [3.05, 3.63) is 10.4 Å². The van der Waals surface area contributed by atoms with Gasteiger partial charge in [0, 0.05) is 32.8 Å². The molecule has 0 aromatic rings. The predicted molar refractivity (Wildman–Crippen MR) is 46.8 cm³/mol. The third kappa shape index (κ3) is 4.81. The van der Waals surface area contributed by atoms with E-state index in [0.717, 1.165) is 0 Å². The van der Waals surface area contributed by atoms with E-state index < -0.39 is 10.8 Å². The van der Waals surface area contributed by atoms with Crippen LogP contribution in [-0.2, 0) is 10.8 Å². The third-order valence-electron chi connectivity index (χ3n) is 1.12. The molecule has 1 atom stereocenters. The molecule has 0 aliphatic carbocycles. The van der Waals surface area contributed by atoms with Gasteiger partial charge in [0.25, 0.3) is 0 Å². The van der Waals surface area contributed by atoms with Gasteiger partial charge in [0.15, 0.2) is 0 Å². The molecule has 0 aliphatic heterocycles. The van der Waals surface area contributed by atoms with E-state index in [4.69, 9.17) is 5.53 Å². The highest BCUT2D eigenvalue weighted by Gasteiger charge is 2.17. The second kappa shape index (κ2) is 4.36. The van der Waals surface area contributed by atoms with E-state index in [9.17, 15) is 4.21 Å². The third-order valence-corrected chi connectivity index (χ3v) is 3.04. The molecule has 0 saturated heterocycles. The van der Waals surface area contributed by atoms with Gasteiger partial charge in [-0.3, -0.25) is 4.21 Å². The molecule has 0 spiro atoms. The summed E-state index contributed by atoms with van der Waals surface area (Å²) in [7, 11) is -0.904. The van der Waals surface area contributed by atoms with E-state index in [1.165, 1.54) is 0 Å². The molecule has 0 aliphatic rings. The zero-order chi connectivity index (χ0) is 8.91. The molecular formula is C6H13N3OS. The first-order valence-electron chi connectivity index (χ1n) is 3.38. The Labute approximate surface area is 69.1 Å². The van der Waals surface area contributed by atoms with Crippen molar-refractivity contribution in [2.75, 3.05) is 12.3 Å². The van der Waals surface area contributed by atoms with E-state index in [1.54, 1.807) is 0 Å².